The van der Waals surface area contributed by atoms with E-state index < -0.39 is 0 Å². The zero-order valence-corrected chi connectivity index (χ0v) is 10.2. The van der Waals surface area contributed by atoms with Crippen LogP contribution in [0.1, 0.15) is 47.2 Å². The van der Waals surface area contributed by atoms with Gasteiger partial charge in [-0.3, -0.25) is 9.59 Å². The van der Waals surface area contributed by atoms with Gasteiger partial charge in [-0.1, -0.05) is 18.2 Å². The van der Waals surface area contributed by atoms with Gasteiger partial charge in [-0.05, 0) is 37.3 Å². The first-order valence-corrected chi connectivity index (χ1v) is 5.96. The predicted octanol–water partition coefficient (Wildman–Crippen LogP) is 2.19. The van der Waals surface area contributed by atoms with E-state index in [1.54, 1.807) is 6.92 Å². The lowest BCUT2D eigenvalue weighted by atomic mass is 9.88. The lowest BCUT2D eigenvalue weighted by Gasteiger charge is -2.23. The number of hydrogen-bond donors (Lipinski definition) is 1. The number of carbonyl (C=O) groups excluding carboxylic acids is 2. The van der Waals surface area contributed by atoms with Crippen LogP contribution in [0.2, 0.25) is 0 Å². The largest absolute Gasteiger partial charge is 0.356 e. The number of carbonyl (C=O) groups is 2. The molecule has 1 N–H and O–H groups in total. The summed E-state index contributed by atoms with van der Waals surface area (Å²) in [4.78, 5) is 22.7. The molecule has 1 atom stereocenters. The van der Waals surface area contributed by atoms with Crippen molar-refractivity contribution in [2.75, 3.05) is 6.54 Å². The summed E-state index contributed by atoms with van der Waals surface area (Å²) >= 11 is 0. The molecule has 0 aromatic heterocycles. The molecular formula is C14H17NO2. The van der Waals surface area contributed by atoms with E-state index >= 15 is 0 Å². The molecule has 3 heteroatoms. The number of nitrogens with one attached hydrogen (secondary N) is 1. The van der Waals surface area contributed by atoms with Crippen molar-refractivity contribution in [3.63, 3.8) is 0 Å². The third kappa shape index (κ3) is 2.54. The topological polar surface area (TPSA) is 46.2 Å². The Kier molecular flexibility index (Phi) is 3.27. The van der Waals surface area contributed by atoms with Gasteiger partial charge in [0.05, 0.1) is 0 Å². The van der Waals surface area contributed by atoms with Crippen LogP contribution in [-0.4, -0.2) is 18.2 Å². The first kappa shape index (κ1) is 11.8. The fourth-order valence-corrected chi connectivity index (χ4v) is 2.40. The van der Waals surface area contributed by atoms with Gasteiger partial charge in [-0.25, -0.2) is 0 Å². The van der Waals surface area contributed by atoms with Crippen molar-refractivity contribution < 1.29 is 9.59 Å². The minimum Gasteiger partial charge on any atom is -0.356 e. The highest BCUT2D eigenvalue weighted by atomic mass is 16.1. The minimum absolute atomic E-state index is 0.0930. The molecule has 1 saturated heterocycles. The molecule has 1 aromatic carbocycles. The summed E-state index contributed by atoms with van der Waals surface area (Å²) in [5, 5.41) is 2.83. The van der Waals surface area contributed by atoms with Gasteiger partial charge in [-0.15, -0.1) is 0 Å². The molecule has 0 radical (unpaired) electrons. The van der Waals surface area contributed by atoms with E-state index in [1.165, 1.54) is 5.56 Å². The van der Waals surface area contributed by atoms with Crippen LogP contribution in [0.15, 0.2) is 18.2 Å². The molecule has 1 aliphatic heterocycles. The van der Waals surface area contributed by atoms with Gasteiger partial charge in [0.25, 0.3) is 0 Å². The smallest absolute Gasteiger partial charge is 0.220 e. The summed E-state index contributed by atoms with van der Waals surface area (Å²) in [5.41, 5.74) is 2.94. The zero-order valence-electron chi connectivity index (χ0n) is 10.2. The maximum Gasteiger partial charge on any atom is 0.220 e. The molecule has 1 amide bonds. The third-order valence-electron chi connectivity index (χ3n) is 3.35. The number of benzene rings is 1. The molecule has 1 aromatic rings. The fourth-order valence-electron chi connectivity index (χ4n) is 2.40. The Labute approximate surface area is 101 Å². The Balaban J connectivity index is 2.25. The molecular weight excluding hydrogens is 214 g/mol. The maximum absolute atomic E-state index is 11.3. The van der Waals surface area contributed by atoms with Crippen molar-refractivity contribution in [1.29, 1.82) is 0 Å². The number of piperidine rings is 1. The van der Waals surface area contributed by atoms with Crippen LogP contribution < -0.4 is 5.32 Å². The summed E-state index contributed by atoms with van der Waals surface area (Å²) in [6.45, 7) is 4.27. The van der Waals surface area contributed by atoms with E-state index in [2.05, 4.69) is 5.32 Å². The van der Waals surface area contributed by atoms with Crippen LogP contribution in [0, 0.1) is 6.92 Å². The highest BCUT2D eigenvalue weighted by Crippen LogP contribution is 2.27. The van der Waals surface area contributed by atoms with Gasteiger partial charge < -0.3 is 5.32 Å². The van der Waals surface area contributed by atoms with Crippen molar-refractivity contribution in [2.45, 2.75) is 32.6 Å². The molecule has 0 aliphatic carbocycles. The number of ketones is 1. The van der Waals surface area contributed by atoms with E-state index in [9.17, 15) is 9.59 Å². The zero-order chi connectivity index (χ0) is 12.4. The fraction of sp³-hybridized carbons (Fsp3) is 0.429. The van der Waals surface area contributed by atoms with Crippen LogP contribution in [0.4, 0.5) is 0 Å². The molecule has 1 fully saturated rings. The SMILES string of the molecule is CC(=O)c1ccc([C@H]2CCNC(=O)C2)cc1C. The van der Waals surface area contributed by atoms with Crippen LogP contribution in [-0.2, 0) is 4.79 Å². The van der Waals surface area contributed by atoms with Crippen molar-refractivity contribution in [3.05, 3.63) is 34.9 Å². The number of aryl methyl sites for hydroxylation is 1. The molecule has 0 bridgehead atoms. The van der Waals surface area contributed by atoms with Crippen LogP contribution in [0.25, 0.3) is 0 Å². The van der Waals surface area contributed by atoms with Gasteiger partial charge in [0.2, 0.25) is 5.91 Å². The summed E-state index contributed by atoms with van der Waals surface area (Å²) in [7, 11) is 0. The van der Waals surface area contributed by atoms with Crippen LogP contribution in [0.3, 0.4) is 0 Å². The number of rotatable bonds is 2. The Morgan fingerprint density at radius 2 is 2.18 bits per heavy atom. The summed E-state index contributed by atoms with van der Waals surface area (Å²) in [5.74, 6) is 0.508. The van der Waals surface area contributed by atoms with E-state index in [0.717, 1.165) is 24.1 Å². The second-order valence-electron chi connectivity index (χ2n) is 4.67. The first-order valence-electron chi connectivity index (χ1n) is 5.96. The molecule has 3 nitrogen and oxygen atoms in total. The third-order valence-corrected chi connectivity index (χ3v) is 3.35. The van der Waals surface area contributed by atoms with E-state index in [1.807, 2.05) is 25.1 Å². The van der Waals surface area contributed by atoms with Gasteiger partial charge in [-0.2, -0.15) is 0 Å². The summed E-state index contributed by atoms with van der Waals surface area (Å²) < 4.78 is 0. The molecule has 17 heavy (non-hydrogen) atoms. The molecule has 2 rings (SSSR count). The average Bonchev–Trinajstić information content (AvgIpc) is 2.28. The lowest BCUT2D eigenvalue weighted by Crippen LogP contribution is -2.32. The van der Waals surface area contributed by atoms with Gasteiger partial charge >= 0.3 is 0 Å². The highest BCUT2D eigenvalue weighted by Gasteiger charge is 2.21. The predicted molar refractivity (Wildman–Crippen MR) is 66.2 cm³/mol. The highest BCUT2D eigenvalue weighted by molar-refractivity contribution is 5.95. The van der Waals surface area contributed by atoms with Crippen LogP contribution in [0.5, 0.6) is 0 Å². The Bertz CT molecular complexity index is 465. The van der Waals surface area contributed by atoms with Crippen LogP contribution >= 0.6 is 0 Å². The summed E-state index contributed by atoms with van der Waals surface area (Å²) in [6, 6.07) is 5.90. The van der Waals surface area contributed by atoms with Crippen molar-refractivity contribution in [3.8, 4) is 0 Å². The molecule has 0 unspecified atom stereocenters. The lowest BCUT2D eigenvalue weighted by molar-refractivity contribution is -0.122. The van der Waals surface area contributed by atoms with E-state index in [-0.39, 0.29) is 11.7 Å². The number of Topliss-reactive ketones (excluding diaryl/α,β-unsaturated/α-hetero) is 1. The van der Waals surface area contributed by atoms with E-state index in [4.69, 9.17) is 0 Å². The van der Waals surface area contributed by atoms with Gasteiger partial charge in [0, 0.05) is 18.5 Å². The number of amides is 1. The summed E-state index contributed by atoms with van der Waals surface area (Å²) in [6.07, 6.45) is 1.53. The monoisotopic (exact) mass is 231 g/mol. The normalized spacial score (nSPS) is 19.9. The Morgan fingerprint density at radius 1 is 1.41 bits per heavy atom. The molecule has 1 aliphatic rings. The van der Waals surface area contributed by atoms with E-state index in [0.29, 0.717) is 12.3 Å². The first-order chi connectivity index (χ1) is 8.08. The van der Waals surface area contributed by atoms with Gasteiger partial charge in [0.15, 0.2) is 5.78 Å². The Morgan fingerprint density at radius 3 is 2.76 bits per heavy atom. The van der Waals surface area contributed by atoms with Gasteiger partial charge in [0.1, 0.15) is 0 Å². The average molecular weight is 231 g/mol. The second-order valence-corrected chi connectivity index (χ2v) is 4.67. The van der Waals surface area contributed by atoms with Crippen molar-refractivity contribution >= 4 is 11.7 Å². The van der Waals surface area contributed by atoms with Crippen molar-refractivity contribution in [1.82, 2.24) is 5.32 Å². The minimum atomic E-state index is 0.0930. The maximum atomic E-state index is 11.3. The Hall–Kier alpha value is -1.64. The standard InChI is InChI=1S/C14H17NO2/c1-9-7-11(3-4-13(9)10(2)16)12-5-6-15-14(17)8-12/h3-4,7,12H,5-6,8H2,1-2H3,(H,15,17)/t12-/m0/s1. The molecule has 0 spiro atoms. The molecule has 90 valence electrons. The quantitative estimate of drug-likeness (QED) is 0.793. The van der Waals surface area contributed by atoms with Crippen molar-refractivity contribution in [2.24, 2.45) is 0 Å². The second kappa shape index (κ2) is 4.70. The molecule has 1 heterocycles. The molecule has 0 saturated carbocycles. The number of hydrogen-bond acceptors (Lipinski definition) is 2.